The molecule has 0 aliphatic rings. The van der Waals surface area contributed by atoms with Gasteiger partial charge in [-0.2, -0.15) is 5.10 Å². The number of hydrogen-bond acceptors (Lipinski definition) is 3. The van der Waals surface area contributed by atoms with Crippen molar-refractivity contribution in [1.82, 2.24) is 15.0 Å². The van der Waals surface area contributed by atoms with Crippen LogP contribution >= 0.6 is 0 Å². The monoisotopic (exact) mass is 333 g/mol. The Morgan fingerprint density at radius 2 is 1.88 bits per heavy atom. The summed E-state index contributed by atoms with van der Waals surface area (Å²) in [6.07, 6.45) is 3.39. The molecule has 2 amide bonds. The fourth-order valence-electron chi connectivity index (χ4n) is 2.60. The molecule has 2 aromatic heterocycles. The lowest BCUT2D eigenvalue weighted by Crippen LogP contribution is -2.24. The van der Waals surface area contributed by atoms with Gasteiger partial charge in [-0.25, -0.2) is 15.2 Å². The number of carbonyl (C=O) groups is 1. The number of nitrogens with zero attached hydrogens (tertiary/aromatic N) is 3. The highest BCUT2D eigenvalue weighted by atomic mass is 16.2. The summed E-state index contributed by atoms with van der Waals surface area (Å²) < 4.78 is 2.05. The van der Waals surface area contributed by atoms with Crippen LogP contribution in [0, 0.1) is 13.8 Å². The minimum Gasteiger partial charge on any atom is -0.307 e. The number of benzene rings is 1. The van der Waals surface area contributed by atoms with E-state index in [-0.39, 0.29) is 6.03 Å². The Hall–Kier alpha value is -3.41. The van der Waals surface area contributed by atoms with Gasteiger partial charge in [-0.15, -0.1) is 0 Å². The average molecular weight is 333 g/mol. The normalized spacial score (nSPS) is 10.8. The van der Waals surface area contributed by atoms with Crippen molar-refractivity contribution in [2.45, 2.75) is 13.8 Å². The highest BCUT2D eigenvalue weighted by molar-refractivity contribution is 5.90. The van der Waals surface area contributed by atoms with Crippen molar-refractivity contribution in [3.63, 3.8) is 0 Å². The Kier molecular flexibility index (Phi) is 4.89. The van der Waals surface area contributed by atoms with Gasteiger partial charge in [-0.3, -0.25) is 0 Å². The summed E-state index contributed by atoms with van der Waals surface area (Å²) in [4.78, 5) is 16.2. The molecule has 0 fully saturated rings. The minimum absolute atomic E-state index is 0.388. The lowest BCUT2D eigenvalue weighted by Gasteiger charge is -2.07. The number of nitrogens with one attached hydrogen (secondary N) is 2. The van der Waals surface area contributed by atoms with Crippen LogP contribution in [0.1, 0.15) is 17.0 Å². The number of aromatic nitrogens is 2. The number of aryl methyl sites for hydroxylation is 1. The van der Waals surface area contributed by atoms with Crippen molar-refractivity contribution in [3.8, 4) is 5.82 Å². The van der Waals surface area contributed by atoms with E-state index in [1.807, 2.05) is 73.0 Å². The Morgan fingerprint density at radius 3 is 2.60 bits per heavy atom. The predicted molar refractivity (Wildman–Crippen MR) is 99.2 cm³/mol. The molecule has 2 heterocycles. The van der Waals surface area contributed by atoms with Crippen molar-refractivity contribution < 1.29 is 4.79 Å². The summed E-state index contributed by atoms with van der Waals surface area (Å²) in [5, 5.41) is 6.73. The van der Waals surface area contributed by atoms with Crippen LogP contribution < -0.4 is 10.7 Å². The summed E-state index contributed by atoms with van der Waals surface area (Å²) >= 11 is 0. The lowest BCUT2D eigenvalue weighted by molar-refractivity contribution is 0.252. The summed E-state index contributed by atoms with van der Waals surface area (Å²) in [5.41, 5.74) is 6.15. The van der Waals surface area contributed by atoms with Crippen LogP contribution in [0.15, 0.2) is 65.9 Å². The SMILES string of the molecule is Cc1cc(/C=N/NC(=O)Nc2ccccc2)c(C)n1-c1ccccn1. The van der Waals surface area contributed by atoms with Crippen LogP contribution in [0.5, 0.6) is 0 Å². The first-order valence-electron chi connectivity index (χ1n) is 7.90. The third kappa shape index (κ3) is 3.92. The van der Waals surface area contributed by atoms with Crippen LogP contribution in [0.2, 0.25) is 0 Å². The lowest BCUT2D eigenvalue weighted by atomic mass is 10.3. The van der Waals surface area contributed by atoms with Crippen molar-refractivity contribution in [2.75, 3.05) is 5.32 Å². The largest absolute Gasteiger partial charge is 0.339 e. The maximum atomic E-state index is 11.8. The molecule has 0 aliphatic carbocycles. The van der Waals surface area contributed by atoms with Gasteiger partial charge in [0, 0.05) is 28.8 Å². The molecule has 1 aromatic carbocycles. The Morgan fingerprint density at radius 1 is 1.12 bits per heavy atom. The molecule has 126 valence electrons. The molecule has 25 heavy (non-hydrogen) atoms. The molecule has 3 rings (SSSR count). The van der Waals surface area contributed by atoms with Gasteiger partial charge in [0.15, 0.2) is 0 Å². The van der Waals surface area contributed by atoms with Crippen LogP contribution in [-0.2, 0) is 0 Å². The van der Waals surface area contributed by atoms with Gasteiger partial charge in [0.2, 0.25) is 0 Å². The molecule has 6 nitrogen and oxygen atoms in total. The smallest absolute Gasteiger partial charge is 0.307 e. The zero-order valence-electron chi connectivity index (χ0n) is 14.1. The zero-order valence-corrected chi connectivity index (χ0v) is 14.1. The molecule has 0 saturated carbocycles. The summed E-state index contributed by atoms with van der Waals surface area (Å²) in [7, 11) is 0. The van der Waals surface area contributed by atoms with Gasteiger partial charge in [-0.05, 0) is 44.2 Å². The molecule has 2 N–H and O–H groups in total. The number of carbonyl (C=O) groups excluding carboxylic acids is 1. The van der Waals surface area contributed by atoms with Crippen LogP contribution in [0.25, 0.3) is 5.82 Å². The van der Waals surface area contributed by atoms with Gasteiger partial charge in [0.05, 0.1) is 6.21 Å². The van der Waals surface area contributed by atoms with Crippen molar-refractivity contribution >= 4 is 17.9 Å². The van der Waals surface area contributed by atoms with E-state index >= 15 is 0 Å². The van der Waals surface area contributed by atoms with Gasteiger partial charge in [0.1, 0.15) is 5.82 Å². The number of urea groups is 1. The molecule has 0 radical (unpaired) electrons. The number of hydrogen-bond donors (Lipinski definition) is 2. The molecule has 6 heteroatoms. The Labute approximate surface area is 146 Å². The average Bonchev–Trinajstić information content (AvgIpc) is 2.90. The number of rotatable bonds is 4. The summed E-state index contributed by atoms with van der Waals surface area (Å²) in [6.45, 7) is 4.00. The predicted octanol–water partition coefficient (Wildman–Crippen LogP) is 3.64. The van der Waals surface area contributed by atoms with Gasteiger partial charge >= 0.3 is 6.03 Å². The van der Waals surface area contributed by atoms with E-state index in [1.165, 1.54) is 0 Å². The molecule has 0 atom stereocenters. The van der Waals surface area contributed by atoms with E-state index in [4.69, 9.17) is 0 Å². The standard InChI is InChI=1S/C19H19N5O/c1-14-12-16(15(2)24(14)18-10-6-7-11-20-18)13-21-23-19(25)22-17-8-4-3-5-9-17/h3-13H,1-2H3,(H2,22,23,25)/b21-13+. The van der Waals surface area contributed by atoms with E-state index in [1.54, 1.807) is 12.4 Å². The molecular formula is C19H19N5O. The van der Waals surface area contributed by atoms with Crippen LogP contribution in [0.4, 0.5) is 10.5 Å². The zero-order chi connectivity index (χ0) is 17.6. The second-order valence-corrected chi connectivity index (χ2v) is 5.54. The molecular weight excluding hydrogens is 314 g/mol. The first-order chi connectivity index (χ1) is 12.1. The Balaban J connectivity index is 1.69. The first kappa shape index (κ1) is 16.4. The molecule has 0 saturated heterocycles. The highest BCUT2D eigenvalue weighted by Gasteiger charge is 2.10. The third-order valence-corrected chi connectivity index (χ3v) is 3.75. The highest BCUT2D eigenvalue weighted by Crippen LogP contribution is 2.17. The van der Waals surface area contributed by atoms with Gasteiger partial charge in [-0.1, -0.05) is 24.3 Å². The summed E-state index contributed by atoms with van der Waals surface area (Å²) in [6, 6.07) is 16.6. The fourth-order valence-corrected chi connectivity index (χ4v) is 2.60. The van der Waals surface area contributed by atoms with E-state index in [0.717, 1.165) is 22.8 Å². The van der Waals surface area contributed by atoms with Crippen molar-refractivity contribution in [2.24, 2.45) is 5.10 Å². The maximum Gasteiger partial charge on any atom is 0.339 e. The third-order valence-electron chi connectivity index (χ3n) is 3.75. The van der Waals surface area contributed by atoms with Gasteiger partial charge < -0.3 is 9.88 Å². The number of anilines is 1. The number of hydrazone groups is 1. The number of amides is 2. The van der Waals surface area contributed by atoms with Crippen LogP contribution in [0.3, 0.4) is 0 Å². The van der Waals surface area contributed by atoms with E-state index in [0.29, 0.717) is 5.69 Å². The number of para-hydroxylation sites is 1. The van der Waals surface area contributed by atoms with Crippen molar-refractivity contribution in [3.05, 3.63) is 77.7 Å². The van der Waals surface area contributed by atoms with Crippen LogP contribution in [-0.4, -0.2) is 21.8 Å². The second kappa shape index (κ2) is 7.44. The molecule has 0 bridgehead atoms. The number of pyridine rings is 1. The maximum absolute atomic E-state index is 11.8. The quantitative estimate of drug-likeness (QED) is 0.565. The molecule has 0 spiro atoms. The van der Waals surface area contributed by atoms with Gasteiger partial charge in [0.25, 0.3) is 0 Å². The molecule has 0 aliphatic heterocycles. The van der Waals surface area contributed by atoms with Crippen molar-refractivity contribution in [1.29, 1.82) is 0 Å². The first-order valence-corrected chi connectivity index (χ1v) is 7.90. The fraction of sp³-hybridized carbons (Fsp3) is 0.105. The summed E-state index contributed by atoms with van der Waals surface area (Å²) in [5.74, 6) is 0.854. The topological polar surface area (TPSA) is 71.3 Å². The van der Waals surface area contributed by atoms with E-state index in [2.05, 4.69) is 20.8 Å². The minimum atomic E-state index is -0.388. The molecule has 3 aromatic rings. The Bertz CT molecular complexity index is 885. The van der Waals surface area contributed by atoms with E-state index in [9.17, 15) is 4.79 Å². The molecule has 0 unspecified atom stereocenters. The second-order valence-electron chi connectivity index (χ2n) is 5.54. The van der Waals surface area contributed by atoms with E-state index < -0.39 is 0 Å².